The van der Waals surface area contributed by atoms with E-state index >= 15 is 0 Å². The van der Waals surface area contributed by atoms with Crippen molar-refractivity contribution in [3.05, 3.63) is 46.7 Å². The number of nitrogens with zero attached hydrogens (tertiary/aromatic N) is 4. The van der Waals surface area contributed by atoms with Crippen LogP contribution in [-0.4, -0.2) is 41.9 Å². The van der Waals surface area contributed by atoms with Crippen LogP contribution in [0.4, 0.5) is 11.6 Å². The number of nitrogens with one attached hydrogen (secondary N) is 1. The number of aliphatic hydroxyl groups is 1. The molecule has 3 aromatic heterocycles. The van der Waals surface area contributed by atoms with Crippen molar-refractivity contribution in [2.24, 2.45) is 5.41 Å². The van der Waals surface area contributed by atoms with Crippen molar-refractivity contribution in [3.63, 3.8) is 0 Å². The van der Waals surface area contributed by atoms with Crippen molar-refractivity contribution in [3.8, 4) is 10.6 Å². The molecule has 0 radical (unpaired) electrons. The number of thiazole rings is 1. The number of hydrogen-bond acceptors (Lipinski definition) is 8. The Kier molecular flexibility index (Phi) is 5.72. The fourth-order valence-corrected chi connectivity index (χ4v) is 5.34. The van der Waals surface area contributed by atoms with Crippen LogP contribution in [0, 0.1) is 19.3 Å². The standard InChI is InChI=1S/C23H27N5O3S/c1-13-7-16(26-18(8-13)27-19-9-14(2)11-25-28-19)17-12-24-20(32-17)15-5-6-23(31,21(29)30)22(3,4)10-15/h7-9,11-12,15,31H,5-6,10H2,1-4H3,(H,29,30)(H,26,27,28). The number of pyridine rings is 1. The van der Waals surface area contributed by atoms with Gasteiger partial charge in [-0.3, -0.25) is 0 Å². The van der Waals surface area contributed by atoms with Gasteiger partial charge in [0.1, 0.15) is 5.82 Å². The highest BCUT2D eigenvalue weighted by molar-refractivity contribution is 7.15. The summed E-state index contributed by atoms with van der Waals surface area (Å²) >= 11 is 1.57. The first-order valence-corrected chi connectivity index (χ1v) is 11.4. The zero-order chi connectivity index (χ0) is 23.1. The van der Waals surface area contributed by atoms with E-state index in [-0.39, 0.29) is 12.3 Å². The van der Waals surface area contributed by atoms with Gasteiger partial charge in [-0.1, -0.05) is 13.8 Å². The van der Waals surface area contributed by atoms with Crippen LogP contribution in [0.25, 0.3) is 10.6 Å². The number of aryl methyl sites for hydroxylation is 2. The summed E-state index contributed by atoms with van der Waals surface area (Å²) in [6.45, 7) is 7.60. The van der Waals surface area contributed by atoms with Crippen LogP contribution >= 0.6 is 11.3 Å². The number of rotatable bonds is 5. The second kappa shape index (κ2) is 8.22. The van der Waals surface area contributed by atoms with Gasteiger partial charge in [-0.2, -0.15) is 5.10 Å². The number of aliphatic carboxylic acids is 1. The van der Waals surface area contributed by atoms with Crippen molar-refractivity contribution in [1.82, 2.24) is 20.2 Å². The molecule has 1 aliphatic carbocycles. The smallest absolute Gasteiger partial charge is 0.336 e. The Hall–Kier alpha value is -2.91. The van der Waals surface area contributed by atoms with Crippen molar-refractivity contribution in [1.29, 1.82) is 0 Å². The second-order valence-corrected chi connectivity index (χ2v) is 10.3. The molecule has 0 bridgehead atoms. The minimum Gasteiger partial charge on any atom is -0.479 e. The Bertz CT molecular complexity index is 1160. The van der Waals surface area contributed by atoms with Gasteiger partial charge in [-0.15, -0.1) is 16.4 Å². The largest absolute Gasteiger partial charge is 0.479 e. The number of carboxylic acids is 1. The van der Waals surface area contributed by atoms with Crippen LogP contribution in [0.3, 0.4) is 0 Å². The predicted octanol–water partition coefficient (Wildman–Crippen LogP) is 4.46. The number of anilines is 2. The van der Waals surface area contributed by atoms with Crippen molar-refractivity contribution < 1.29 is 15.0 Å². The molecule has 8 nitrogen and oxygen atoms in total. The van der Waals surface area contributed by atoms with Crippen molar-refractivity contribution in [2.45, 2.75) is 58.5 Å². The Labute approximate surface area is 190 Å². The average molecular weight is 454 g/mol. The third-order valence-corrected chi connectivity index (χ3v) is 7.41. The lowest BCUT2D eigenvalue weighted by Gasteiger charge is -2.45. The van der Waals surface area contributed by atoms with E-state index in [9.17, 15) is 15.0 Å². The third-order valence-electron chi connectivity index (χ3n) is 6.23. The lowest BCUT2D eigenvalue weighted by atomic mass is 9.62. The van der Waals surface area contributed by atoms with Crippen molar-refractivity contribution >= 4 is 28.9 Å². The molecule has 2 atom stereocenters. The minimum absolute atomic E-state index is 0.105. The Morgan fingerprint density at radius 1 is 1.16 bits per heavy atom. The normalized spacial score (nSPS) is 22.5. The molecule has 2 unspecified atom stereocenters. The topological polar surface area (TPSA) is 121 Å². The fourth-order valence-electron chi connectivity index (χ4n) is 4.32. The molecule has 0 spiro atoms. The summed E-state index contributed by atoms with van der Waals surface area (Å²) in [7, 11) is 0. The second-order valence-electron chi connectivity index (χ2n) is 9.21. The van der Waals surface area contributed by atoms with E-state index < -0.39 is 17.0 Å². The summed E-state index contributed by atoms with van der Waals surface area (Å²) in [4.78, 5) is 22.0. The summed E-state index contributed by atoms with van der Waals surface area (Å²) in [6, 6.07) is 5.87. The van der Waals surface area contributed by atoms with E-state index in [4.69, 9.17) is 4.98 Å². The molecule has 3 heterocycles. The first kappa shape index (κ1) is 22.3. The first-order valence-electron chi connectivity index (χ1n) is 10.5. The predicted molar refractivity (Wildman–Crippen MR) is 123 cm³/mol. The number of hydrogen-bond donors (Lipinski definition) is 3. The molecule has 0 saturated heterocycles. The Morgan fingerprint density at radius 2 is 1.91 bits per heavy atom. The highest BCUT2D eigenvalue weighted by atomic mass is 32.1. The van der Waals surface area contributed by atoms with E-state index in [1.54, 1.807) is 17.5 Å². The quantitative estimate of drug-likeness (QED) is 0.517. The van der Waals surface area contributed by atoms with Gasteiger partial charge < -0.3 is 15.5 Å². The Balaban J connectivity index is 1.56. The fraction of sp³-hybridized carbons (Fsp3) is 0.435. The van der Waals surface area contributed by atoms with Crippen LogP contribution < -0.4 is 5.32 Å². The summed E-state index contributed by atoms with van der Waals surface area (Å²) in [5.41, 5.74) is 0.419. The average Bonchev–Trinajstić information content (AvgIpc) is 3.20. The minimum atomic E-state index is -1.71. The molecular formula is C23H27N5O3S. The molecule has 32 heavy (non-hydrogen) atoms. The molecule has 1 saturated carbocycles. The van der Waals surface area contributed by atoms with E-state index in [1.165, 1.54) is 0 Å². The molecule has 0 aliphatic heterocycles. The van der Waals surface area contributed by atoms with Gasteiger partial charge in [0.05, 0.1) is 21.8 Å². The van der Waals surface area contributed by atoms with Gasteiger partial charge in [0.15, 0.2) is 11.4 Å². The van der Waals surface area contributed by atoms with E-state index in [0.29, 0.717) is 24.5 Å². The summed E-state index contributed by atoms with van der Waals surface area (Å²) in [5, 5.41) is 32.4. The van der Waals surface area contributed by atoms with Gasteiger partial charge in [0.2, 0.25) is 0 Å². The zero-order valence-corrected chi connectivity index (χ0v) is 19.4. The number of carboxylic acid groups (broad SMARTS) is 1. The van der Waals surface area contributed by atoms with Crippen LogP contribution in [0.15, 0.2) is 30.6 Å². The lowest BCUT2D eigenvalue weighted by molar-refractivity contribution is -0.180. The molecule has 4 rings (SSSR count). The van der Waals surface area contributed by atoms with E-state index in [2.05, 4.69) is 20.5 Å². The maximum atomic E-state index is 11.7. The molecule has 3 aromatic rings. The van der Waals surface area contributed by atoms with Gasteiger partial charge in [0.25, 0.3) is 0 Å². The monoisotopic (exact) mass is 453 g/mol. The number of carbonyl (C=O) groups is 1. The van der Waals surface area contributed by atoms with Crippen LogP contribution in [0.1, 0.15) is 55.2 Å². The maximum absolute atomic E-state index is 11.7. The SMILES string of the molecule is Cc1cnnc(Nc2cc(C)cc(-c3cnc(C4CCC(O)(C(=O)O)C(C)(C)C4)s3)n2)c1. The van der Waals surface area contributed by atoms with E-state index in [1.807, 2.05) is 52.1 Å². The lowest BCUT2D eigenvalue weighted by Crippen LogP contribution is -2.54. The first-order chi connectivity index (χ1) is 15.1. The zero-order valence-electron chi connectivity index (χ0n) is 18.6. The molecular weight excluding hydrogens is 426 g/mol. The van der Waals surface area contributed by atoms with Crippen LogP contribution in [0.5, 0.6) is 0 Å². The summed E-state index contributed by atoms with van der Waals surface area (Å²) in [5.74, 6) is 0.269. The van der Waals surface area contributed by atoms with Crippen molar-refractivity contribution in [2.75, 3.05) is 5.32 Å². The molecule has 0 aromatic carbocycles. The van der Waals surface area contributed by atoms with Crippen LogP contribution in [-0.2, 0) is 4.79 Å². The summed E-state index contributed by atoms with van der Waals surface area (Å²) in [6.07, 6.45) is 4.87. The number of aromatic nitrogens is 4. The van der Waals surface area contributed by atoms with Gasteiger partial charge >= 0.3 is 5.97 Å². The highest BCUT2D eigenvalue weighted by Gasteiger charge is 2.54. The molecule has 168 valence electrons. The van der Waals surface area contributed by atoms with Gasteiger partial charge in [0, 0.05) is 17.5 Å². The highest BCUT2D eigenvalue weighted by Crippen LogP contribution is 2.50. The molecule has 9 heteroatoms. The maximum Gasteiger partial charge on any atom is 0.336 e. The molecule has 1 aliphatic rings. The molecule has 3 N–H and O–H groups in total. The molecule has 0 amide bonds. The van der Waals surface area contributed by atoms with E-state index in [0.717, 1.165) is 26.7 Å². The third kappa shape index (κ3) is 4.22. The summed E-state index contributed by atoms with van der Waals surface area (Å²) < 4.78 is 0. The van der Waals surface area contributed by atoms with Gasteiger partial charge in [-0.25, -0.2) is 14.8 Å². The molecule has 1 fully saturated rings. The van der Waals surface area contributed by atoms with Gasteiger partial charge in [-0.05, 0) is 62.4 Å². The Morgan fingerprint density at radius 3 is 2.59 bits per heavy atom. The van der Waals surface area contributed by atoms with Crippen LogP contribution in [0.2, 0.25) is 0 Å².